The molecule has 124 valence electrons. The molecule has 0 saturated carbocycles. The zero-order valence-electron chi connectivity index (χ0n) is 14.4. The highest BCUT2D eigenvalue weighted by Gasteiger charge is 2.20. The first kappa shape index (κ1) is 16.6. The number of carbonyl (C=O) groups is 1. The first-order valence-electron chi connectivity index (χ1n) is 8.08. The number of anilines is 1. The van der Waals surface area contributed by atoms with Gasteiger partial charge >= 0.3 is 0 Å². The molecule has 0 aliphatic heterocycles. The summed E-state index contributed by atoms with van der Waals surface area (Å²) in [6.45, 7) is 8.79. The van der Waals surface area contributed by atoms with Crippen molar-refractivity contribution in [2.24, 2.45) is 0 Å². The summed E-state index contributed by atoms with van der Waals surface area (Å²) >= 11 is 6.13. The summed E-state index contributed by atoms with van der Waals surface area (Å²) in [6.07, 6.45) is 0. The van der Waals surface area contributed by atoms with Gasteiger partial charge in [0, 0.05) is 28.2 Å². The third-order valence-electron chi connectivity index (χ3n) is 4.29. The van der Waals surface area contributed by atoms with Crippen molar-refractivity contribution in [1.29, 1.82) is 0 Å². The van der Waals surface area contributed by atoms with Crippen LogP contribution in [0.1, 0.15) is 34.1 Å². The molecule has 24 heavy (non-hydrogen) atoms. The highest BCUT2D eigenvalue weighted by atomic mass is 35.5. The minimum atomic E-state index is -0.0910. The summed E-state index contributed by atoms with van der Waals surface area (Å²) in [5.41, 5.74) is 5.76. The van der Waals surface area contributed by atoms with E-state index in [1.807, 2.05) is 62.6 Å². The van der Waals surface area contributed by atoms with Gasteiger partial charge in [0.2, 0.25) is 0 Å². The monoisotopic (exact) mass is 340 g/mol. The third kappa shape index (κ3) is 2.92. The largest absolute Gasteiger partial charge is 0.337 e. The SMILES string of the molecule is CCn1c(C(=O)Nc2cc(C)cc(C)c2)c(C)c2cc(Cl)ccc21. The number of hydrogen-bond donors (Lipinski definition) is 1. The van der Waals surface area contributed by atoms with Crippen LogP contribution < -0.4 is 5.32 Å². The van der Waals surface area contributed by atoms with Crippen LogP contribution in [0.3, 0.4) is 0 Å². The van der Waals surface area contributed by atoms with Crippen molar-refractivity contribution in [2.45, 2.75) is 34.2 Å². The number of nitrogens with zero attached hydrogens (tertiary/aromatic N) is 1. The van der Waals surface area contributed by atoms with Crippen molar-refractivity contribution in [3.63, 3.8) is 0 Å². The lowest BCUT2D eigenvalue weighted by molar-refractivity contribution is 0.101. The molecule has 0 bridgehead atoms. The minimum Gasteiger partial charge on any atom is -0.337 e. The fourth-order valence-corrected chi connectivity index (χ4v) is 3.53. The molecule has 0 atom stereocenters. The molecule has 0 aliphatic carbocycles. The predicted octanol–water partition coefficient (Wildman–Crippen LogP) is 5.49. The molecule has 0 aliphatic rings. The summed E-state index contributed by atoms with van der Waals surface area (Å²) in [7, 11) is 0. The van der Waals surface area contributed by atoms with Crippen LogP contribution >= 0.6 is 11.6 Å². The molecule has 1 N–H and O–H groups in total. The Morgan fingerprint density at radius 2 is 1.75 bits per heavy atom. The molecule has 3 nitrogen and oxygen atoms in total. The van der Waals surface area contributed by atoms with Gasteiger partial charge in [0.05, 0.1) is 0 Å². The van der Waals surface area contributed by atoms with Gasteiger partial charge in [-0.15, -0.1) is 0 Å². The Bertz CT molecular complexity index is 920. The van der Waals surface area contributed by atoms with E-state index in [1.54, 1.807) is 0 Å². The van der Waals surface area contributed by atoms with Crippen LogP contribution in [-0.2, 0) is 6.54 Å². The number of fused-ring (bicyclic) bond motifs is 1. The summed E-state index contributed by atoms with van der Waals surface area (Å²) in [5.74, 6) is -0.0910. The van der Waals surface area contributed by atoms with Crippen LogP contribution in [0, 0.1) is 20.8 Å². The van der Waals surface area contributed by atoms with Gasteiger partial charge in [-0.1, -0.05) is 17.7 Å². The van der Waals surface area contributed by atoms with Gasteiger partial charge in [0.25, 0.3) is 5.91 Å². The number of benzene rings is 2. The van der Waals surface area contributed by atoms with Crippen LogP contribution in [0.4, 0.5) is 5.69 Å². The molecule has 3 rings (SSSR count). The Morgan fingerprint density at radius 3 is 2.38 bits per heavy atom. The first-order valence-corrected chi connectivity index (χ1v) is 8.46. The van der Waals surface area contributed by atoms with E-state index in [4.69, 9.17) is 11.6 Å². The van der Waals surface area contributed by atoms with Crippen molar-refractivity contribution in [3.05, 3.63) is 63.8 Å². The molecule has 3 aromatic rings. The molecule has 0 saturated heterocycles. The molecular formula is C20H21ClN2O. The number of carbonyl (C=O) groups excluding carboxylic acids is 1. The molecule has 1 amide bonds. The van der Waals surface area contributed by atoms with Crippen molar-refractivity contribution in [1.82, 2.24) is 4.57 Å². The van der Waals surface area contributed by atoms with E-state index in [0.717, 1.165) is 39.8 Å². The Balaban J connectivity index is 2.07. The summed E-state index contributed by atoms with van der Waals surface area (Å²) < 4.78 is 2.04. The molecule has 0 radical (unpaired) electrons. The standard InChI is InChI=1S/C20H21ClN2O/c1-5-23-18-7-6-15(21)11-17(18)14(4)19(23)20(24)22-16-9-12(2)8-13(3)10-16/h6-11H,5H2,1-4H3,(H,22,24). The molecule has 0 unspecified atom stereocenters. The van der Waals surface area contributed by atoms with Crippen molar-refractivity contribution >= 4 is 34.1 Å². The van der Waals surface area contributed by atoms with E-state index < -0.39 is 0 Å². The molecule has 4 heteroatoms. The maximum atomic E-state index is 12.9. The smallest absolute Gasteiger partial charge is 0.272 e. The van der Waals surface area contributed by atoms with Crippen molar-refractivity contribution in [2.75, 3.05) is 5.32 Å². The second kappa shape index (κ2) is 6.33. The van der Waals surface area contributed by atoms with Gasteiger partial charge in [0.1, 0.15) is 5.69 Å². The van der Waals surface area contributed by atoms with Gasteiger partial charge in [-0.2, -0.15) is 0 Å². The number of halogens is 1. The van der Waals surface area contributed by atoms with Crippen LogP contribution in [-0.4, -0.2) is 10.5 Å². The van der Waals surface area contributed by atoms with Crippen molar-refractivity contribution in [3.8, 4) is 0 Å². The van der Waals surface area contributed by atoms with E-state index in [1.165, 1.54) is 0 Å². The van der Waals surface area contributed by atoms with Crippen LogP contribution in [0.2, 0.25) is 5.02 Å². The lowest BCUT2D eigenvalue weighted by atomic mass is 10.1. The summed E-state index contributed by atoms with van der Waals surface area (Å²) in [5, 5.41) is 4.74. The van der Waals surface area contributed by atoms with Crippen LogP contribution in [0.5, 0.6) is 0 Å². The average Bonchev–Trinajstić information content (AvgIpc) is 2.78. The Morgan fingerprint density at radius 1 is 1.08 bits per heavy atom. The maximum absolute atomic E-state index is 12.9. The normalized spacial score (nSPS) is 11.0. The number of hydrogen-bond acceptors (Lipinski definition) is 1. The summed E-state index contributed by atoms with van der Waals surface area (Å²) in [4.78, 5) is 12.9. The first-order chi connectivity index (χ1) is 11.4. The lowest BCUT2D eigenvalue weighted by Gasteiger charge is -2.11. The number of amides is 1. The average molecular weight is 341 g/mol. The van der Waals surface area contributed by atoms with Gasteiger partial charge in [-0.25, -0.2) is 0 Å². The zero-order chi connectivity index (χ0) is 17.4. The van der Waals surface area contributed by atoms with E-state index in [2.05, 4.69) is 11.4 Å². The third-order valence-corrected chi connectivity index (χ3v) is 4.52. The van der Waals surface area contributed by atoms with Crippen molar-refractivity contribution < 1.29 is 4.79 Å². The molecule has 0 spiro atoms. The van der Waals surface area contributed by atoms with Crippen LogP contribution in [0.25, 0.3) is 10.9 Å². The maximum Gasteiger partial charge on any atom is 0.272 e. The Kier molecular flexibility index (Phi) is 4.37. The fraction of sp³-hybridized carbons (Fsp3) is 0.250. The highest BCUT2D eigenvalue weighted by Crippen LogP contribution is 2.29. The highest BCUT2D eigenvalue weighted by molar-refractivity contribution is 6.31. The van der Waals surface area contributed by atoms with Gasteiger partial charge < -0.3 is 9.88 Å². The Hall–Kier alpha value is -2.26. The summed E-state index contributed by atoms with van der Waals surface area (Å²) in [6, 6.07) is 11.8. The second-order valence-corrected chi connectivity index (χ2v) is 6.65. The Labute approximate surface area is 147 Å². The minimum absolute atomic E-state index is 0.0910. The number of aryl methyl sites for hydroxylation is 4. The molecule has 2 aromatic carbocycles. The van der Waals surface area contributed by atoms with E-state index in [9.17, 15) is 4.79 Å². The molecule has 1 aromatic heterocycles. The molecular weight excluding hydrogens is 320 g/mol. The topological polar surface area (TPSA) is 34.0 Å². The van der Waals surface area contributed by atoms with Gasteiger partial charge in [0.15, 0.2) is 0 Å². The quantitative estimate of drug-likeness (QED) is 0.671. The number of rotatable bonds is 3. The lowest BCUT2D eigenvalue weighted by Crippen LogP contribution is -2.18. The second-order valence-electron chi connectivity index (χ2n) is 6.21. The van der Waals surface area contributed by atoms with Crippen LogP contribution in [0.15, 0.2) is 36.4 Å². The molecule has 0 fully saturated rings. The predicted molar refractivity (Wildman–Crippen MR) is 101 cm³/mol. The number of aromatic nitrogens is 1. The van der Waals surface area contributed by atoms with E-state index in [-0.39, 0.29) is 5.91 Å². The van der Waals surface area contributed by atoms with Gasteiger partial charge in [-0.05, 0) is 74.7 Å². The molecule has 1 heterocycles. The fourth-order valence-electron chi connectivity index (χ4n) is 3.35. The van der Waals surface area contributed by atoms with E-state index in [0.29, 0.717) is 10.7 Å². The van der Waals surface area contributed by atoms with Gasteiger partial charge in [-0.3, -0.25) is 4.79 Å². The zero-order valence-corrected chi connectivity index (χ0v) is 15.2. The van der Waals surface area contributed by atoms with E-state index >= 15 is 0 Å². The number of nitrogens with one attached hydrogen (secondary N) is 1.